The second-order valence-electron chi connectivity index (χ2n) is 7.26. The molecule has 0 fully saturated rings. The molecule has 0 spiro atoms. The van der Waals surface area contributed by atoms with Gasteiger partial charge in [0.25, 0.3) is 5.69 Å². The van der Waals surface area contributed by atoms with Crippen LogP contribution in [0, 0.1) is 10.1 Å². The lowest BCUT2D eigenvalue weighted by molar-refractivity contribution is -0.383. The van der Waals surface area contributed by atoms with E-state index in [1.165, 1.54) is 6.07 Å². The molecule has 3 aromatic rings. The standard InChI is InChI=1S/C20H24N4O2/c1-20(21,12-7-13-23(2)3)19-14-8-4-5-9-15(14)22-16-10-6-11-17(18(16)19)24(25)26/h4-6,8-11H,7,12-13,21H2,1-3H3. The molecule has 0 aliphatic carbocycles. The summed E-state index contributed by atoms with van der Waals surface area (Å²) in [7, 11) is 4.05. The van der Waals surface area contributed by atoms with Crippen LogP contribution < -0.4 is 5.73 Å². The Hall–Kier alpha value is -2.57. The van der Waals surface area contributed by atoms with Crippen LogP contribution >= 0.6 is 0 Å². The third kappa shape index (κ3) is 3.38. The molecule has 0 saturated carbocycles. The number of hydrogen-bond donors (Lipinski definition) is 1. The van der Waals surface area contributed by atoms with E-state index in [9.17, 15) is 10.1 Å². The molecule has 1 atom stereocenters. The minimum Gasteiger partial charge on any atom is -0.322 e. The van der Waals surface area contributed by atoms with E-state index in [-0.39, 0.29) is 10.6 Å². The summed E-state index contributed by atoms with van der Waals surface area (Å²) in [5.41, 5.74) is 8.33. The molecule has 1 unspecified atom stereocenters. The molecule has 0 radical (unpaired) electrons. The lowest BCUT2D eigenvalue weighted by Crippen LogP contribution is -2.34. The first-order valence-electron chi connectivity index (χ1n) is 8.71. The first-order chi connectivity index (χ1) is 12.3. The van der Waals surface area contributed by atoms with Crippen molar-refractivity contribution in [2.24, 2.45) is 5.73 Å². The highest BCUT2D eigenvalue weighted by Gasteiger charge is 2.30. The topological polar surface area (TPSA) is 85.3 Å². The Morgan fingerprint density at radius 1 is 1.15 bits per heavy atom. The normalized spacial score (nSPS) is 14.0. The summed E-state index contributed by atoms with van der Waals surface area (Å²) in [6.07, 6.45) is 1.62. The zero-order chi connectivity index (χ0) is 18.9. The number of para-hydroxylation sites is 1. The van der Waals surface area contributed by atoms with Crippen molar-refractivity contribution in [2.75, 3.05) is 20.6 Å². The highest BCUT2D eigenvalue weighted by atomic mass is 16.6. The van der Waals surface area contributed by atoms with Crippen LogP contribution in [0.25, 0.3) is 21.8 Å². The Bertz CT molecular complexity index is 967. The van der Waals surface area contributed by atoms with Crippen molar-refractivity contribution in [3.63, 3.8) is 0 Å². The molecule has 3 rings (SSSR count). The van der Waals surface area contributed by atoms with Gasteiger partial charge in [-0.1, -0.05) is 24.3 Å². The van der Waals surface area contributed by atoms with Gasteiger partial charge in [-0.2, -0.15) is 0 Å². The first kappa shape index (κ1) is 18.2. The monoisotopic (exact) mass is 352 g/mol. The molecular formula is C20H24N4O2. The van der Waals surface area contributed by atoms with Gasteiger partial charge in [0, 0.05) is 17.0 Å². The molecule has 26 heavy (non-hydrogen) atoms. The fourth-order valence-corrected chi connectivity index (χ4v) is 3.56. The van der Waals surface area contributed by atoms with E-state index in [4.69, 9.17) is 5.73 Å². The predicted molar refractivity (Wildman–Crippen MR) is 105 cm³/mol. The second-order valence-corrected chi connectivity index (χ2v) is 7.26. The van der Waals surface area contributed by atoms with Crippen molar-refractivity contribution < 1.29 is 4.92 Å². The number of fused-ring (bicyclic) bond motifs is 2. The van der Waals surface area contributed by atoms with Gasteiger partial charge in [-0.15, -0.1) is 0 Å². The van der Waals surface area contributed by atoms with Crippen LogP contribution in [-0.4, -0.2) is 35.4 Å². The molecule has 2 N–H and O–H groups in total. The zero-order valence-corrected chi connectivity index (χ0v) is 15.4. The summed E-state index contributed by atoms with van der Waals surface area (Å²) in [6.45, 7) is 2.87. The van der Waals surface area contributed by atoms with Gasteiger partial charge in [0.1, 0.15) is 0 Å². The number of pyridine rings is 1. The summed E-state index contributed by atoms with van der Waals surface area (Å²) in [4.78, 5) is 18.1. The molecule has 0 saturated heterocycles. The summed E-state index contributed by atoms with van der Waals surface area (Å²) in [6, 6.07) is 12.7. The number of non-ortho nitro benzene ring substituents is 1. The van der Waals surface area contributed by atoms with Crippen LogP contribution in [-0.2, 0) is 5.54 Å². The van der Waals surface area contributed by atoms with E-state index in [2.05, 4.69) is 9.88 Å². The van der Waals surface area contributed by atoms with Crippen molar-refractivity contribution in [1.82, 2.24) is 9.88 Å². The zero-order valence-electron chi connectivity index (χ0n) is 15.4. The van der Waals surface area contributed by atoms with Crippen molar-refractivity contribution in [3.8, 4) is 0 Å². The number of rotatable bonds is 6. The molecule has 1 heterocycles. The molecule has 6 nitrogen and oxygen atoms in total. The lowest BCUT2D eigenvalue weighted by atomic mass is 9.83. The van der Waals surface area contributed by atoms with E-state index in [1.807, 2.05) is 51.4 Å². The molecule has 1 aromatic heterocycles. The number of nitro benzene ring substituents is 1. The first-order valence-corrected chi connectivity index (χ1v) is 8.71. The van der Waals surface area contributed by atoms with Crippen molar-refractivity contribution in [2.45, 2.75) is 25.3 Å². The summed E-state index contributed by atoms with van der Waals surface area (Å²) < 4.78 is 0. The van der Waals surface area contributed by atoms with Crippen LogP contribution in [0.3, 0.4) is 0 Å². The van der Waals surface area contributed by atoms with Gasteiger partial charge in [-0.3, -0.25) is 10.1 Å². The Morgan fingerprint density at radius 3 is 2.54 bits per heavy atom. The maximum atomic E-state index is 11.7. The quantitative estimate of drug-likeness (QED) is 0.414. The molecule has 6 heteroatoms. The summed E-state index contributed by atoms with van der Waals surface area (Å²) in [5, 5.41) is 13.1. The van der Waals surface area contributed by atoms with Gasteiger partial charge in [0.15, 0.2) is 0 Å². The third-order valence-corrected chi connectivity index (χ3v) is 4.75. The minimum absolute atomic E-state index is 0.0556. The largest absolute Gasteiger partial charge is 0.322 e. The Morgan fingerprint density at radius 2 is 1.85 bits per heavy atom. The van der Waals surface area contributed by atoms with E-state index in [1.54, 1.807) is 6.07 Å². The summed E-state index contributed by atoms with van der Waals surface area (Å²) in [5.74, 6) is 0. The van der Waals surface area contributed by atoms with Crippen molar-refractivity contribution >= 4 is 27.5 Å². The van der Waals surface area contributed by atoms with Crippen LogP contribution in [0.4, 0.5) is 5.69 Å². The maximum Gasteiger partial charge on any atom is 0.279 e. The third-order valence-electron chi connectivity index (χ3n) is 4.75. The Labute approximate surface area is 152 Å². The van der Waals surface area contributed by atoms with Crippen LogP contribution in [0.1, 0.15) is 25.3 Å². The molecule has 0 amide bonds. The SMILES string of the molecule is CN(C)CCCC(C)(N)c1c2ccccc2nc2cccc([N+](=O)[O-])c12. The molecule has 0 bridgehead atoms. The molecule has 0 aliphatic rings. The van der Waals surface area contributed by atoms with Gasteiger partial charge in [0.2, 0.25) is 0 Å². The highest BCUT2D eigenvalue weighted by molar-refractivity contribution is 6.02. The predicted octanol–water partition coefficient (Wildman–Crippen LogP) is 3.81. The van der Waals surface area contributed by atoms with Crippen LogP contribution in [0.5, 0.6) is 0 Å². The Balaban J connectivity index is 2.30. The number of aromatic nitrogens is 1. The van der Waals surface area contributed by atoms with E-state index in [0.717, 1.165) is 35.9 Å². The van der Waals surface area contributed by atoms with Gasteiger partial charge in [-0.25, -0.2) is 4.98 Å². The number of nitrogens with two attached hydrogens (primary N) is 1. The van der Waals surface area contributed by atoms with Gasteiger partial charge >= 0.3 is 0 Å². The van der Waals surface area contributed by atoms with Gasteiger partial charge in [-0.05, 0) is 58.1 Å². The van der Waals surface area contributed by atoms with E-state index >= 15 is 0 Å². The lowest BCUT2D eigenvalue weighted by Gasteiger charge is -2.28. The van der Waals surface area contributed by atoms with Crippen molar-refractivity contribution in [1.29, 1.82) is 0 Å². The van der Waals surface area contributed by atoms with Gasteiger partial charge < -0.3 is 10.6 Å². The highest BCUT2D eigenvalue weighted by Crippen LogP contribution is 2.39. The number of nitrogens with zero attached hydrogens (tertiary/aromatic N) is 3. The average Bonchev–Trinajstić information content (AvgIpc) is 2.58. The molecular weight excluding hydrogens is 328 g/mol. The van der Waals surface area contributed by atoms with Crippen molar-refractivity contribution in [3.05, 3.63) is 58.1 Å². The summed E-state index contributed by atoms with van der Waals surface area (Å²) >= 11 is 0. The smallest absolute Gasteiger partial charge is 0.279 e. The number of benzene rings is 2. The fourth-order valence-electron chi connectivity index (χ4n) is 3.56. The molecule has 136 valence electrons. The van der Waals surface area contributed by atoms with Gasteiger partial charge in [0.05, 0.1) is 21.3 Å². The van der Waals surface area contributed by atoms with E-state index in [0.29, 0.717) is 10.9 Å². The van der Waals surface area contributed by atoms with E-state index < -0.39 is 5.54 Å². The van der Waals surface area contributed by atoms with Crippen LogP contribution in [0.2, 0.25) is 0 Å². The maximum absolute atomic E-state index is 11.7. The molecule has 0 aliphatic heterocycles. The second kappa shape index (κ2) is 6.97. The average molecular weight is 352 g/mol. The Kier molecular flexibility index (Phi) is 4.89. The van der Waals surface area contributed by atoms with Crippen LogP contribution in [0.15, 0.2) is 42.5 Å². The number of hydrogen-bond acceptors (Lipinski definition) is 5. The number of nitro groups is 1. The fraction of sp³-hybridized carbons (Fsp3) is 0.350. The minimum atomic E-state index is -0.705. The molecule has 2 aromatic carbocycles.